The van der Waals surface area contributed by atoms with E-state index in [4.69, 9.17) is 4.42 Å². The quantitative estimate of drug-likeness (QED) is 0.811. The van der Waals surface area contributed by atoms with Crippen LogP contribution in [0.1, 0.15) is 25.0 Å². The van der Waals surface area contributed by atoms with E-state index in [-0.39, 0.29) is 5.78 Å². The average molecular weight is 255 g/mol. The molecule has 0 saturated heterocycles. The van der Waals surface area contributed by atoms with Crippen LogP contribution in [0.25, 0.3) is 0 Å². The van der Waals surface area contributed by atoms with E-state index in [0.717, 1.165) is 29.7 Å². The fourth-order valence-corrected chi connectivity index (χ4v) is 2.01. The van der Waals surface area contributed by atoms with Crippen molar-refractivity contribution in [3.63, 3.8) is 0 Å². The highest BCUT2D eigenvalue weighted by atomic mass is 79.9. The van der Waals surface area contributed by atoms with Crippen LogP contribution in [0.4, 0.5) is 0 Å². The molecule has 74 valence electrons. The summed E-state index contributed by atoms with van der Waals surface area (Å²) in [7, 11) is 0. The molecule has 0 atom stereocenters. The van der Waals surface area contributed by atoms with Crippen molar-refractivity contribution < 1.29 is 9.21 Å². The summed E-state index contributed by atoms with van der Waals surface area (Å²) < 4.78 is 6.13. The Balaban J connectivity index is 2.07. The van der Waals surface area contributed by atoms with Gasteiger partial charge in [-0.05, 0) is 47.0 Å². The van der Waals surface area contributed by atoms with Crippen LogP contribution in [0.15, 0.2) is 32.9 Å². The van der Waals surface area contributed by atoms with Crippen LogP contribution in [-0.4, -0.2) is 5.78 Å². The maximum absolute atomic E-state index is 11.2. The zero-order chi connectivity index (χ0) is 9.97. The molecule has 0 radical (unpaired) electrons. The Morgan fingerprint density at radius 2 is 2.21 bits per heavy atom. The van der Waals surface area contributed by atoms with Gasteiger partial charge in [-0.1, -0.05) is 5.57 Å². The van der Waals surface area contributed by atoms with Crippen molar-refractivity contribution in [3.05, 3.63) is 34.2 Å². The van der Waals surface area contributed by atoms with Crippen molar-refractivity contribution >= 4 is 21.7 Å². The molecule has 0 bridgehead atoms. The van der Waals surface area contributed by atoms with Crippen molar-refractivity contribution in [2.75, 3.05) is 0 Å². The third kappa shape index (κ3) is 2.35. The molecule has 1 aliphatic rings. The van der Waals surface area contributed by atoms with E-state index >= 15 is 0 Å². The normalized spacial score (nSPS) is 16.9. The molecule has 1 aromatic heterocycles. The predicted molar refractivity (Wildman–Crippen MR) is 57.1 cm³/mol. The third-order valence-electron chi connectivity index (χ3n) is 2.32. The first-order valence-electron chi connectivity index (χ1n) is 4.70. The summed E-state index contributed by atoms with van der Waals surface area (Å²) in [6, 6.07) is 3.81. The van der Waals surface area contributed by atoms with Crippen LogP contribution >= 0.6 is 15.9 Å². The van der Waals surface area contributed by atoms with Crippen molar-refractivity contribution in [2.24, 2.45) is 0 Å². The Hall–Kier alpha value is -0.830. The smallest absolute Gasteiger partial charge is 0.169 e. The lowest BCUT2D eigenvalue weighted by atomic mass is 9.96. The molecular formula is C11H11BrO2. The van der Waals surface area contributed by atoms with Crippen molar-refractivity contribution in [2.45, 2.75) is 25.7 Å². The molecule has 0 saturated carbocycles. The Morgan fingerprint density at radius 1 is 1.36 bits per heavy atom. The summed E-state index contributed by atoms with van der Waals surface area (Å²) in [5, 5.41) is 0. The Labute approximate surface area is 91.1 Å². The van der Waals surface area contributed by atoms with Crippen LogP contribution < -0.4 is 0 Å². The number of ketones is 1. The molecule has 0 aromatic carbocycles. The number of carbonyl (C=O) groups is 1. The zero-order valence-electron chi connectivity index (χ0n) is 7.75. The Bertz CT molecular complexity index is 376. The second-order valence-electron chi connectivity index (χ2n) is 3.51. The van der Waals surface area contributed by atoms with Gasteiger partial charge < -0.3 is 4.42 Å². The van der Waals surface area contributed by atoms with Gasteiger partial charge in [-0.25, -0.2) is 0 Å². The molecule has 0 amide bonds. The highest BCUT2D eigenvalue weighted by molar-refractivity contribution is 9.10. The SMILES string of the molecule is O=C1C=C(Cc2ccc(Br)o2)CCC1. The van der Waals surface area contributed by atoms with E-state index in [9.17, 15) is 4.79 Å². The van der Waals surface area contributed by atoms with Crippen molar-refractivity contribution in [1.82, 2.24) is 0 Å². The molecule has 0 fully saturated rings. The maximum Gasteiger partial charge on any atom is 0.169 e. The van der Waals surface area contributed by atoms with Crippen LogP contribution in [-0.2, 0) is 11.2 Å². The monoisotopic (exact) mass is 254 g/mol. The molecule has 0 unspecified atom stereocenters. The van der Waals surface area contributed by atoms with E-state index in [2.05, 4.69) is 15.9 Å². The first-order chi connectivity index (χ1) is 6.74. The fourth-order valence-electron chi connectivity index (χ4n) is 1.67. The molecule has 1 aromatic rings. The average Bonchev–Trinajstić information content (AvgIpc) is 2.51. The standard InChI is InChI=1S/C11H11BrO2/c12-11-5-4-10(14-11)7-8-2-1-3-9(13)6-8/h4-6H,1-3,7H2. The van der Waals surface area contributed by atoms with Crippen LogP contribution in [0.3, 0.4) is 0 Å². The van der Waals surface area contributed by atoms with Gasteiger partial charge in [-0.15, -0.1) is 0 Å². The highest BCUT2D eigenvalue weighted by Crippen LogP contribution is 2.22. The molecule has 1 heterocycles. The van der Waals surface area contributed by atoms with E-state index in [1.54, 1.807) is 6.08 Å². The van der Waals surface area contributed by atoms with Gasteiger partial charge in [0.1, 0.15) is 5.76 Å². The van der Waals surface area contributed by atoms with Gasteiger partial charge in [0.2, 0.25) is 0 Å². The molecule has 0 aliphatic heterocycles. The summed E-state index contributed by atoms with van der Waals surface area (Å²) in [5.74, 6) is 1.16. The van der Waals surface area contributed by atoms with Crippen molar-refractivity contribution in [3.8, 4) is 0 Å². The molecule has 3 heteroatoms. The number of furan rings is 1. The summed E-state index contributed by atoms with van der Waals surface area (Å²) >= 11 is 3.26. The second-order valence-corrected chi connectivity index (χ2v) is 4.29. The van der Waals surface area contributed by atoms with E-state index < -0.39 is 0 Å². The van der Waals surface area contributed by atoms with E-state index in [0.29, 0.717) is 6.42 Å². The largest absolute Gasteiger partial charge is 0.454 e. The molecule has 1 aliphatic carbocycles. The van der Waals surface area contributed by atoms with E-state index in [1.807, 2.05) is 12.1 Å². The lowest BCUT2D eigenvalue weighted by molar-refractivity contribution is -0.115. The Morgan fingerprint density at radius 3 is 2.86 bits per heavy atom. The molecule has 0 spiro atoms. The van der Waals surface area contributed by atoms with E-state index in [1.165, 1.54) is 5.57 Å². The first-order valence-corrected chi connectivity index (χ1v) is 5.50. The number of hydrogen-bond donors (Lipinski definition) is 0. The second kappa shape index (κ2) is 4.13. The van der Waals surface area contributed by atoms with Gasteiger partial charge in [0.15, 0.2) is 10.5 Å². The molecule has 0 N–H and O–H groups in total. The summed E-state index contributed by atoms with van der Waals surface area (Å²) in [6.45, 7) is 0. The zero-order valence-corrected chi connectivity index (χ0v) is 9.34. The molecule has 2 nitrogen and oxygen atoms in total. The minimum Gasteiger partial charge on any atom is -0.454 e. The number of rotatable bonds is 2. The summed E-state index contributed by atoms with van der Waals surface area (Å²) in [6.07, 6.45) is 5.22. The third-order valence-corrected chi connectivity index (χ3v) is 2.74. The van der Waals surface area contributed by atoms with Gasteiger partial charge in [0, 0.05) is 12.8 Å². The first kappa shape index (κ1) is 9.71. The van der Waals surface area contributed by atoms with Gasteiger partial charge in [0.05, 0.1) is 0 Å². The summed E-state index contributed by atoms with van der Waals surface area (Å²) in [4.78, 5) is 11.2. The fraction of sp³-hybridized carbons (Fsp3) is 0.364. The van der Waals surface area contributed by atoms with Crippen LogP contribution in [0, 0.1) is 0 Å². The Kier molecular flexibility index (Phi) is 2.87. The summed E-state index contributed by atoms with van der Waals surface area (Å²) in [5.41, 5.74) is 1.18. The van der Waals surface area contributed by atoms with Gasteiger partial charge in [-0.2, -0.15) is 0 Å². The number of halogens is 1. The van der Waals surface area contributed by atoms with Gasteiger partial charge in [-0.3, -0.25) is 4.79 Å². The minimum atomic E-state index is 0.247. The highest BCUT2D eigenvalue weighted by Gasteiger charge is 2.11. The number of carbonyl (C=O) groups excluding carboxylic acids is 1. The number of hydrogen-bond acceptors (Lipinski definition) is 2. The lowest BCUT2D eigenvalue weighted by Gasteiger charge is -2.09. The molecule has 14 heavy (non-hydrogen) atoms. The predicted octanol–water partition coefficient (Wildman–Crippen LogP) is 3.26. The van der Waals surface area contributed by atoms with Crippen molar-refractivity contribution in [1.29, 1.82) is 0 Å². The maximum atomic E-state index is 11.2. The number of allylic oxidation sites excluding steroid dienone is 2. The van der Waals surface area contributed by atoms with Crippen LogP contribution in [0.5, 0.6) is 0 Å². The lowest BCUT2D eigenvalue weighted by Crippen LogP contribution is -2.04. The van der Waals surface area contributed by atoms with Crippen LogP contribution in [0.2, 0.25) is 0 Å². The van der Waals surface area contributed by atoms with Gasteiger partial charge >= 0.3 is 0 Å². The minimum absolute atomic E-state index is 0.247. The van der Waals surface area contributed by atoms with Gasteiger partial charge in [0.25, 0.3) is 0 Å². The molecule has 2 rings (SSSR count). The molecular weight excluding hydrogens is 244 g/mol. The topological polar surface area (TPSA) is 30.2 Å².